The Labute approximate surface area is 73.4 Å². The average molecular weight is 188 g/mol. The summed E-state index contributed by atoms with van der Waals surface area (Å²) in [6.07, 6.45) is -1.30. The Balaban J connectivity index is 2.81. The Hall–Kier alpha value is -1.43. The molecule has 0 saturated carbocycles. The fourth-order valence-corrected chi connectivity index (χ4v) is 1.11. The summed E-state index contributed by atoms with van der Waals surface area (Å²) in [5, 5.41) is 8.59. The van der Waals surface area contributed by atoms with E-state index in [1.165, 1.54) is 0 Å². The van der Waals surface area contributed by atoms with E-state index in [0.717, 1.165) is 7.11 Å². The Bertz CT molecular complexity index is 258. The van der Waals surface area contributed by atoms with Crippen LogP contribution in [0.25, 0.3) is 0 Å². The first-order valence-corrected chi connectivity index (χ1v) is 3.53. The first-order chi connectivity index (χ1) is 6.07. The highest BCUT2D eigenvalue weighted by atomic mass is 16.6. The second-order valence-electron chi connectivity index (χ2n) is 2.54. The van der Waals surface area contributed by atoms with Gasteiger partial charge < -0.3 is 14.6 Å². The molecule has 1 aliphatic rings. The van der Waals surface area contributed by atoms with Crippen molar-refractivity contribution in [1.82, 2.24) is 0 Å². The predicted molar refractivity (Wildman–Crippen MR) is 37.9 cm³/mol. The molecular formula is C7H8O6. The molecule has 0 radical (unpaired) electrons. The minimum absolute atomic E-state index is 0.350. The third kappa shape index (κ3) is 1.67. The third-order valence-electron chi connectivity index (χ3n) is 1.75. The molecule has 0 aromatic heterocycles. The molecule has 0 aromatic rings. The zero-order chi connectivity index (χ0) is 10.0. The Morgan fingerprint density at radius 3 is 2.69 bits per heavy atom. The number of rotatable bonds is 2. The van der Waals surface area contributed by atoms with Gasteiger partial charge in [-0.3, -0.25) is 9.59 Å². The molecule has 1 N–H and O–H groups in total. The number of ether oxygens (including phenoxy) is 2. The SMILES string of the molecule is COC(=O)C1OCC(=O)C1C(=O)O. The largest absolute Gasteiger partial charge is 0.481 e. The summed E-state index contributed by atoms with van der Waals surface area (Å²) in [5.41, 5.74) is 0. The lowest BCUT2D eigenvalue weighted by molar-refractivity contribution is -0.160. The van der Waals surface area contributed by atoms with Crippen molar-refractivity contribution in [2.45, 2.75) is 6.10 Å². The molecular weight excluding hydrogens is 180 g/mol. The number of aliphatic carboxylic acids is 1. The number of methoxy groups -OCH3 is 1. The molecule has 72 valence electrons. The van der Waals surface area contributed by atoms with Crippen molar-refractivity contribution >= 4 is 17.7 Å². The smallest absolute Gasteiger partial charge is 0.336 e. The zero-order valence-electron chi connectivity index (χ0n) is 6.85. The van der Waals surface area contributed by atoms with Crippen LogP contribution in [0, 0.1) is 5.92 Å². The van der Waals surface area contributed by atoms with Crippen molar-refractivity contribution in [2.75, 3.05) is 13.7 Å². The normalized spacial score (nSPS) is 27.3. The molecule has 0 bridgehead atoms. The summed E-state index contributed by atoms with van der Waals surface area (Å²) in [5.74, 6) is -4.23. The number of ketones is 1. The topological polar surface area (TPSA) is 89.9 Å². The van der Waals surface area contributed by atoms with Crippen LogP contribution in [0.15, 0.2) is 0 Å². The second-order valence-corrected chi connectivity index (χ2v) is 2.54. The predicted octanol–water partition coefficient (Wildman–Crippen LogP) is -1.17. The van der Waals surface area contributed by atoms with Gasteiger partial charge in [0.2, 0.25) is 0 Å². The van der Waals surface area contributed by atoms with Crippen LogP contribution in [0.5, 0.6) is 0 Å². The molecule has 6 heteroatoms. The summed E-state index contributed by atoms with van der Waals surface area (Å²) in [4.78, 5) is 32.4. The lowest BCUT2D eigenvalue weighted by Crippen LogP contribution is -2.35. The fourth-order valence-electron chi connectivity index (χ4n) is 1.11. The molecule has 1 saturated heterocycles. The van der Waals surface area contributed by atoms with E-state index in [4.69, 9.17) is 5.11 Å². The molecule has 13 heavy (non-hydrogen) atoms. The molecule has 6 nitrogen and oxygen atoms in total. The van der Waals surface area contributed by atoms with Gasteiger partial charge in [0.05, 0.1) is 7.11 Å². The van der Waals surface area contributed by atoms with Gasteiger partial charge in [0.15, 0.2) is 17.8 Å². The van der Waals surface area contributed by atoms with Gasteiger partial charge >= 0.3 is 11.9 Å². The highest BCUT2D eigenvalue weighted by Crippen LogP contribution is 2.18. The molecule has 0 spiro atoms. The van der Waals surface area contributed by atoms with E-state index in [-0.39, 0.29) is 6.61 Å². The fraction of sp³-hybridized carbons (Fsp3) is 0.571. The average Bonchev–Trinajstić information content (AvgIpc) is 2.45. The summed E-state index contributed by atoms with van der Waals surface area (Å²) in [6, 6.07) is 0. The van der Waals surface area contributed by atoms with E-state index >= 15 is 0 Å². The Kier molecular flexibility index (Phi) is 2.62. The number of esters is 1. The van der Waals surface area contributed by atoms with E-state index in [0.29, 0.717) is 0 Å². The summed E-state index contributed by atoms with van der Waals surface area (Å²) in [7, 11) is 1.10. The Morgan fingerprint density at radius 2 is 2.23 bits per heavy atom. The second kappa shape index (κ2) is 3.53. The van der Waals surface area contributed by atoms with Crippen molar-refractivity contribution in [3.63, 3.8) is 0 Å². The lowest BCUT2D eigenvalue weighted by Gasteiger charge is -2.09. The van der Waals surface area contributed by atoms with Gasteiger partial charge in [-0.2, -0.15) is 0 Å². The van der Waals surface area contributed by atoms with Crippen molar-refractivity contribution in [1.29, 1.82) is 0 Å². The maximum Gasteiger partial charge on any atom is 0.336 e. The van der Waals surface area contributed by atoms with E-state index in [2.05, 4.69) is 9.47 Å². The summed E-state index contributed by atoms with van der Waals surface area (Å²) < 4.78 is 8.97. The maximum atomic E-state index is 10.9. The zero-order valence-corrected chi connectivity index (χ0v) is 6.85. The molecule has 0 aliphatic carbocycles. The van der Waals surface area contributed by atoms with Gasteiger partial charge in [-0.05, 0) is 0 Å². The van der Waals surface area contributed by atoms with Crippen LogP contribution in [0.3, 0.4) is 0 Å². The highest BCUT2D eigenvalue weighted by molar-refractivity contribution is 6.05. The number of hydrogen-bond donors (Lipinski definition) is 1. The molecule has 2 unspecified atom stereocenters. The van der Waals surface area contributed by atoms with E-state index in [1.54, 1.807) is 0 Å². The molecule has 1 rings (SSSR count). The van der Waals surface area contributed by atoms with Gasteiger partial charge in [-0.1, -0.05) is 0 Å². The molecule has 0 amide bonds. The van der Waals surface area contributed by atoms with Crippen molar-refractivity contribution < 1.29 is 29.0 Å². The van der Waals surface area contributed by atoms with Gasteiger partial charge in [-0.25, -0.2) is 4.79 Å². The van der Waals surface area contributed by atoms with E-state index < -0.39 is 29.7 Å². The minimum atomic E-state index is -1.42. The number of carboxylic acid groups (broad SMARTS) is 1. The number of carbonyl (C=O) groups is 3. The van der Waals surface area contributed by atoms with Crippen LogP contribution in [-0.4, -0.2) is 42.6 Å². The van der Waals surface area contributed by atoms with Crippen molar-refractivity contribution in [3.8, 4) is 0 Å². The summed E-state index contributed by atoms with van der Waals surface area (Å²) in [6.45, 7) is -0.350. The van der Waals surface area contributed by atoms with E-state index in [1.807, 2.05) is 0 Å². The Morgan fingerprint density at radius 1 is 1.62 bits per heavy atom. The van der Waals surface area contributed by atoms with E-state index in [9.17, 15) is 14.4 Å². The number of carboxylic acids is 1. The molecule has 0 aromatic carbocycles. The van der Waals surface area contributed by atoms with Crippen LogP contribution in [0.4, 0.5) is 0 Å². The van der Waals surface area contributed by atoms with Gasteiger partial charge in [0.1, 0.15) is 6.61 Å². The first kappa shape index (κ1) is 9.66. The van der Waals surface area contributed by atoms with Crippen LogP contribution in [0.1, 0.15) is 0 Å². The quantitative estimate of drug-likeness (QED) is 0.433. The van der Waals surface area contributed by atoms with Gasteiger partial charge in [0.25, 0.3) is 0 Å². The molecule has 1 aliphatic heterocycles. The number of Topliss-reactive ketones (excluding diaryl/α,β-unsaturated/α-hetero) is 1. The summed E-state index contributed by atoms with van der Waals surface area (Å²) >= 11 is 0. The third-order valence-corrected chi connectivity index (χ3v) is 1.75. The maximum absolute atomic E-state index is 10.9. The molecule has 1 heterocycles. The van der Waals surface area contributed by atoms with Gasteiger partial charge in [-0.15, -0.1) is 0 Å². The number of carbonyl (C=O) groups excluding carboxylic acids is 2. The van der Waals surface area contributed by atoms with Crippen LogP contribution in [0.2, 0.25) is 0 Å². The first-order valence-electron chi connectivity index (χ1n) is 3.53. The monoisotopic (exact) mass is 188 g/mol. The number of hydrogen-bond acceptors (Lipinski definition) is 5. The van der Waals surface area contributed by atoms with Crippen LogP contribution < -0.4 is 0 Å². The van der Waals surface area contributed by atoms with Gasteiger partial charge in [0, 0.05) is 0 Å². The van der Waals surface area contributed by atoms with Crippen LogP contribution in [-0.2, 0) is 23.9 Å². The lowest BCUT2D eigenvalue weighted by atomic mass is 10.0. The van der Waals surface area contributed by atoms with Crippen molar-refractivity contribution in [2.24, 2.45) is 5.92 Å². The molecule has 2 atom stereocenters. The van der Waals surface area contributed by atoms with Crippen LogP contribution >= 0.6 is 0 Å². The standard InChI is InChI=1S/C7H8O6/c1-12-7(11)5-4(6(9)10)3(8)2-13-5/h4-5H,2H2,1H3,(H,9,10). The van der Waals surface area contributed by atoms with Crippen molar-refractivity contribution in [3.05, 3.63) is 0 Å². The highest BCUT2D eigenvalue weighted by Gasteiger charge is 2.46. The molecule has 1 fully saturated rings. The minimum Gasteiger partial charge on any atom is -0.481 e.